The lowest BCUT2D eigenvalue weighted by Gasteiger charge is -2.41. The fourth-order valence-corrected chi connectivity index (χ4v) is 6.57. The van der Waals surface area contributed by atoms with E-state index in [4.69, 9.17) is 10.5 Å². The predicted octanol–water partition coefficient (Wildman–Crippen LogP) is 4.21. The molecule has 42 heavy (non-hydrogen) atoms. The van der Waals surface area contributed by atoms with Crippen molar-refractivity contribution in [2.45, 2.75) is 75.8 Å². The monoisotopic (exact) mass is 580 g/mol. The van der Waals surface area contributed by atoms with Gasteiger partial charge in [-0.05, 0) is 98.4 Å². The number of nitrogens with zero attached hydrogens (tertiary/aromatic N) is 1. The van der Waals surface area contributed by atoms with E-state index < -0.39 is 23.3 Å². The topological polar surface area (TPSA) is 118 Å². The van der Waals surface area contributed by atoms with Crippen LogP contribution >= 0.6 is 0 Å². The van der Waals surface area contributed by atoms with Crippen molar-refractivity contribution < 1.29 is 27.9 Å². The van der Waals surface area contributed by atoms with Crippen LogP contribution < -0.4 is 11.1 Å². The predicted molar refractivity (Wildman–Crippen MR) is 155 cm³/mol. The summed E-state index contributed by atoms with van der Waals surface area (Å²) in [7, 11) is 0. The molecule has 2 aromatic carbocycles. The van der Waals surface area contributed by atoms with Crippen LogP contribution in [0.15, 0.2) is 42.6 Å². The number of aromatic nitrogens is 1. The summed E-state index contributed by atoms with van der Waals surface area (Å²) in [4.78, 5) is 44.0. The molecule has 2 aliphatic rings. The minimum Gasteiger partial charge on any atom is -0.466 e. The summed E-state index contributed by atoms with van der Waals surface area (Å²) in [6.45, 7) is 6.02. The van der Waals surface area contributed by atoms with Crippen LogP contribution in [0, 0.1) is 11.6 Å². The highest BCUT2D eigenvalue weighted by atomic mass is 19.1. The first kappa shape index (κ1) is 29.7. The van der Waals surface area contributed by atoms with Crippen LogP contribution in [0.4, 0.5) is 8.78 Å². The quantitative estimate of drug-likeness (QED) is 0.345. The van der Waals surface area contributed by atoms with Crippen molar-refractivity contribution in [3.8, 4) is 0 Å². The number of hydrogen-bond donors (Lipinski definition) is 3. The zero-order valence-electron chi connectivity index (χ0n) is 24.3. The van der Waals surface area contributed by atoms with E-state index in [1.54, 1.807) is 50.1 Å². The summed E-state index contributed by atoms with van der Waals surface area (Å²) in [6, 6.07) is 8.25. The van der Waals surface area contributed by atoms with Crippen molar-refractivity contribution in [2.24, 2.45) is 5.73 Å². The number of nitrogens with one attached hydrogen (secondary N) is 2. The molecular formula is C32H38F2N4O4. The molecule has 4 N–H and O–H groups in total. The molecule has 2 atom stereocenters. The molecule has 0 radical (unpaired) electrons. The third-order valence-corrected chi connectivity index (χ3v) is 8.76. The summed E-state index contributed by atoms with van der Waals surface area (Å²) in [6.07, 6.45) is 3.97. The van der Waals surface area contributed by atoms with Gasteiger partial charge in [0.15, 0.2) is 0 Å². The number of amides is 2. The number of nitrogens with two attached hydrogens (primary N) is 1. The maximum atomic E-state index is 14.4. The molecule has 1 unspecified atom stereocenters. The van der Waals surface area contributed by atoms with Crippen LogP contribution in [0.5, 0.6) is 0 Å². The first-order valence-corrected chi connectivity index (χ1v) is 14.5. The number of ether oxygens (including phenoxy) is 1. The Bertz CT molecular complexity index is 1500. The van der Waals surface area contributed by atoms with Gasteiger partial charge in [-0.15, -0.1) is 0 Å². The number of rotatable bonds is 8. The summed E-state index contributed by atoms with van der Waals surface area (Å²) in [5.74, 6) is -1.81. The van der Waals surface area contributed by atoms with E-state index in [0.717, 1.165) is 16.6 Å². The lowest BCUT2D eigenvalue weighted by molar-refractivity contribution is -0.143. The largest absolute Gasteiger partial charge is 0.466 e. The van der Waals surface area contributed by atoms with Gasteiger partial charge in [-0.3, -0.25) is 14.4 Å². The molecule has 8 nitrogen and oxygen atoms in total. The number of carbonyl (C=O) groups excluding carboxylic acids is 3. The van der Waals surface area contributed by atoms with Gasteiger partial charge >= 0.3 is 5.97 Å². The van der Waals surface area contributed by atoms with Crippen molar-refractivity contribution >= 4 is 28.7 Å². The molecule has 0 bridgehead atoms. The van der Waals surface area contributed by atoms with E-state index >= 15 is 0 Å². The summed E-state index contributed by atoms with van der Waals surface area (Å²) >= 11 is 0. The van der Waals surface area contributed by atoms with Gasteiger partial charge in [-0.2, -0.15) is 0 Å². The molecule has 224 valence electrons. The minimum absolute atomic E-state index is 0.0806. The van der Waals surface area contributed by atoms with Gasteiger partial charge in [0.05, 0.1) is 18.6 Å². The van der Waals surface area contributed by atoms with Crippen molar-refractivity contribution in [1.29, 1.82) is 0 Å². The van der Waals surface area contributed by atoms with Gasteiger partial charge in [0, 0.05) is 36.6 Å². The maximum Gasteiger partial charge on any atom is 0.306 e. The number of benzene rings is 2. The average Bonchev–Trinajstić information content (AvgIpc) is 3.45. The Morgan fingerprint density at radius 3 is 2.52 bits per heavy atom. The number of fused-ring (bicyclic) bond motifs is 3. The number of carbonyl (C=O) groups is 3. The standard InChI is InChI=1S/C32H38F2N4O4/c1-4-42-28(39)14-19-17-32(25-16-22(34)5-7-23(19)25)9-11-38(12-10-32)29(40)27(37-30(41)31(2,3)35)13-20-18-36-26-8-6-21(33)15-24(20)26/h5-8,15-16,18-19,27,36H,4,9-14,17,35H2,1-3H3,(H,37,41)/t19?,27-/m1/s1. The number of piperidine rings is 1. The Labute approximate surface area is 244 Å². The minimum atomic E-state index is -1.21. The Morgan fingerprint density at radius 1 is 1.14 bits per heavy atom. The van der Waals surface area contributed by atoms with Gasteiger partial charge in [0.2, 0.25) is 11.8 Å². The van der Waals surface area contributed by atoms with E-state index in [1.807, 2.05) is 0 Å². The zero-order valence-corrected chi connectivity index (χ0v) is 24.3. The Kier molecular flexibility index (Phi) is 8.11. The van der Waals surface area contributed by atoms with Crippen LogP contribution in [-0.4, -0.2) is 58.9 Å². The zero-order chi connectivity index (χ0) is 30.2. The third-order valence-electron chi connectivity index (χ3n) is 8.76. The molecule has 5 rings (SSSR count). The molecule has 2 amide bonds. The van der Waals surface area contributed by atoms with E-state index in [9.17, 15) is 23.2 Å². The van der Waals surface area contributed by atoms with E-state index in [2.05, 4.69) is 10.3 Å². The summed E-state index contributed by atoms with van der Waals surface area (Å²) in [5.41, 5.74) is 7.76. The number of hydrogen-bond acceptors (Lipinski definition) is 5. The highest BCUT2D eigenvalue weighted by Crippen LogP contribution is 2.53. The number of likely N-dealkylation sites (tertiary alicyclic amines) is 1. The van der Waals surface area contributed by atoms with Crippen LogP contribution in [0.1, 0.15) is 69.1 Å². The van der Waals surface area contributed by atoms with E-state index in [1.165, 1.54) is 18.2 Å². The second kappa shape index (κ2) is 11.5. The first-order valence-electron chi connectivity index (χ1n) is 14.5. The average molecular weight is 581 g/mol. The van der Waals surface area contributed by atoms with E-state index in [0.29, 0.717) is 49.9 Å². The highest BCUT2D eigenvalue weighted by molar-refractivity contribution is 5.92. The number of aromatic amines is 1. The molecule has 1 aliphatic heterocycles. The van der Waals surface area contributed by atoms with Crippen LogP contribution in [-0.2, 0) is 31.0 Å². The van der Waals surface area contributed by atoms with Crippen molar-refractivity contribution in [1.82, 2.24) is 15.2 Å². The maximum absolute atomic E-state index is 14.4. The van der Waals surface area contributed by atoms with Crippen molar-refractivity contribution in [3.63, 3.8) is 0 Å². The fraction of sp³-hybridized carbons (Fsp3) is 0.469. The van der Waals surface area contributed by atoms with Gasteiger partial charge in [-0.25, -0.2) is 8.78 Å². The molecule has 3 aromatic rings. The molecule has 1 aromatic heterocycles. The highest BCUT2D eigenvalue weighted by Gasteiger charge is 2.47. The number of H-pyrrole nitrogens is 1. The van der Waals surface area contributed by atoms with E-state index in [-0.39, 0.29) is 41.9 Å². The second-order valence-corrected chi connectivity index (χ2v) is 12.2. The first-order chi connectivity index (χ1) is 19.9. The molecule has 1 aliphatic carbocycles. The van der Waals surface area contributed by atoms with Crippen molar-refractivity contribution in [2.75, 3.05) is 19.7 Å². The molecule has 1 spiro atoms. The number of halogens is 2. The van der Waals surface area contributed by atoms with Gasteiger partial charge in [0.1, 0.15) is 17.7 Å². The Morgan fingerprint density at radius 2 is 1.83 bits per heavy atom. The summed E-state index contributed by atoms with van der Waals surface area (Å²) in [5, 5.41) is 3.48. The fourth-order valence-electron chi connectivity index (χ4n) is 6.57. The summed E-state index contributed by atoms with van der Waals surface area (Å²) < 4.78 is 33.6. The molecular weight excluding hydrogens is 542 g/mol. The Hall–Kier alpha value is -3.79. The van der Waals surface area contributed by atoms with Crippen LogP contribution in [0.2, 0.25) is 0 Å². The van der Waals surface area contributed by atoms with Crippen molar-refractivity contribution in [3.05, 3.63) is 70.9 Å². The van der Waals surface area contributed by atoms with Gasteiger partial charge in [-0.1, -0.05) is 6.07 Å². The smallest absolute Gasteiger partial charge is 0.306 e. The lowest BCUT2D eigenvalue weighted by atomic mass is 9.73. The Balaban J connectivity index is 1.36. The second-order valence-electron chi connectivity index (χ2n) is 12.2. The lowest BCUT2D eigenvalue weighted by Crippen LogP contribution is -2.58. The van der Waals surface area contributed by atoms with Gasteiger partial charge in [0.25, 0.3) is 0 Å². The van der Waals surface area contributed by atoms with Gasteiger partial charge < -0.3 is 25.7 Å². The van der Waals surface area contributed by atoms with Crippen LogP contribution in [0.3, 0.4) is 0 Å². The third kappa shape index (κ3) is 5.90. The molecule has 1 saturated heterocycles. The molecule has 2 heterocycles. The van der Waals surface area contributed by atoms with Crippen LogP contribution in [0.25, 0.3) is 10.9 Å². The molecule has 1 fully saturated rings. The normalized spacial score (nSPS) is 18.6. The SMILES string of the molecule is CCOC(=O)CC1CC2(CCN(C(=O)[C@@H](Cc3c[nH]c4ccc(F)cc34)NC(=O)C(C)(C)N)CC2)c2cc(F)ccc21. The molecule has 10 heteroatoms. The number of esters is 1. The molecule has 0 saturated carbocycles.